The number of aromatic nitrogens is 2. The zero-order chi connectivity index (χ0) is 15.7. The third kappa shape index (κ3) is 2.50. The summed E-state index contributed by atoms with van der Waals surface area (Å²) in [5.41, 5.74) is 2.09. The summed E-state index contributed by atoms with van der Waals surface area (Å²) in [4.78, 5) is 4.40. The van der Waals surface area contributed by atoms with Gasteiger partial charge in [-0.2, -0.15) is 0 Å². The molecule has 0 atom stereocenters. The SMILES string of the molecule is Cc1ccc(S(=O)(=O)n2ccc3cc(CCF)cnc32)cc1. The number of fused-ring (bicyclic) bond motifs is 1. The lowest BCUT2D eigenvalue weighted by Crippen LogP contribution is -2.12. The highest BCUT2D eigenvalue weighted by atomic mass is 32.2. The lowest BCUT2D eigenvalue weighted by Gasteiger charge is -2.07. The van der Waals surface area contributed by atoms with Crippen LogP contribution in [0.1, 0.15) is 11.1 Å². The fourth-order valence-electron chi connectivity index (χ4n) is 2.31. The third-order valence-electron chi connectivity index (χ3n) is 3.51. The lowest BCUT2D eigenvalue weighted by molar-refractivity contribution is 0.495. The van der Waals surface area contributed by atoms with Gasteiger partial charge in [-0.05, 0) is 36.8 Å². The number of nitrogens with zero attached hydrogens (tertiary/aromatic N) is 2. The van der Waals surface area contributed by atoms with Crippen LogP contribution in [0.25, 0.3) is 11.0 Å². The van der Waals surface area contributed by atoms with Crippen LogP contribution in [-0.4, -0.2) is 24.0 Å². The summed E-state index contributed by atoms with van der Waals surface area (Å²) in [7, 11) is -3.68. The number of hydrogen-bond acceptors (Lipinski definition) is 3. The van der Waals surface area contributed by atoms with Crippen LogP contribution in [0.3, 0.4) is 0 Å². The van der Waals surface area contributed by atoms with E-state index in [-0.39, 0.29) is 11.3 Å². The van der Waals surface area contributed by atoms with Gasteiger partial charge in [0, 0.05) is 24.2 Å². The van der Waals surface area contributed by atoms with Crippen LogP contribution in [0.15, 0.2) is 53.7 Å². The first kappa shape index (κ1) is 14.7. The van der Waals surface area contributed by atoms with Crippen LogP contribution < -0.4 is 0 Å². The van der Waals surface area contributed by atoms with E-state index >= 15 is 0 Å². The first-order chi connectivity index (χ1) is 10.5. The molecule has 0 aliphatic heterocycles. The van der Waals surface area contributed by atoms with Gasteiger partial charge in [-0.3, -0.25) is 4.39 Å². The molecule has 2 heterocycles. The van der Waals surface area contributed by atoms with Crippen LogP contribution in [0.4, 0.5) is 4.39 Å². The molecule has 3 rings (SSSR count). The van der Waals surface area contributed by atoms with Crippen molar-refractivity contribution in [3.8, 4) is 0 Å². The van der Waals surface area contributed by atoms with E-state index < -0.39 is 16.7 Å². The van der Waals surface area contributed by atoms with E-state index in [0.29, 0.717) is 11.0 Å². The van der Waals surface area contributed by atoms with Gasteiger partial charge in [0.2, 0.25) is 0 Å². The Morgan fingerprint density at radius 3 is 2.59 bits per heavy atom. The monoisotopic (exact) mass is 318 g/mol. The van der Waals surface area contributed by atoms with E-state index in [0.717, 1.165) is 15.1 Å². The van der Waals surface area contributed by atoms with E-state index in [1.165, 1.54) is 12.4 Å². The third-order valence-corrected chi connectivity index (χ3v) is 5.19. The lowest BCUT2D eigenvalue weighted by atomic mass is 10.2. The molecule has 0 saturated carbocycles. The maximum Gasteiger partial charge on any atom is 0.269 e. The zero-order valence-corrected chi connectivity index (χ0v) is 12.8. The number of alkyl halides is 1. The molecule has 0 unspecified atom stereocenters. The van der Waals surface area contributed by atoms with Crippen molar-refractivity contribution in [2.45, 2.75) is 18.2 Å². The maximum absolute atomic E-state index is 12.7. The Morgan fingerprint density at radius 1 is 1.18 bits per heavy atom. The topological polar surface area (TPSA) is 52.0 Å². The Balaban J connectivity index is 2.11. The molecule has 1 aromatic carbocycles. The van der Waals surface area contributed by atoms with Crippen molar-refractivity contribution < 1.29 is 12.8 Å². The quantitative estimate of drug-likeness (QED) is 0.743. The zero-order valence-electron chi connectivity index (χ0n) is 12.0. The summed E-state index contributed by atoms with van der Waals surface area (Å²) in [5.74, 6) is 0. The molecule has 0 saturated heterocycles. The van der Waals surface area contributed by atoms with Crippen LogP contribution >= 0.6 is 0 Å². The van der Waals surface area contributed by atoms with Crippen LogP contribution in [0.5, 0.6) is 0 Å². The molecule has 0 bridgehead atoms. The Labute approximate surface area is 128 Å². The van der Waals surface area contributed by atoms with Gasteiger partial charge in [0.15, 0.2) is 5.65 Å². The number of hydrogen-bond donors (Lipinski definition) is 0. The summed E-state index contributed by atoms with van der Waals surface area (Å²) in [6.07, 6.45) is 3.27. The average molecular weight is 318 g/mol. The fraction of sp³-hybridized carbons (Fsp3) is 0.188. The molecule has 3 aromatic rings. The maximum atomic E-state index is 12.7. The molecule has 2 aromatic heterocycles. The Morgan fingerprint density at radius 2 is 1.91 bits per heavy atom. The molecule has 0 fully saturated rings. The van der Waals surface area contributed by atoms with Crippen LogP contribution in [0, 0.1) is 6.92 Å². The molecular formula is C16H15FN2O2S. The Hall–Kier alpha value is -2.21. The fourth-order valence-corrected chi connectivity index (χ4v) is 3.62. The predicted molar refractivity (Wildman–Crippen MR) is 83.2 cm³/mol. The van der Waals surface area contributed by atoms with Crippen molar-refractivity contribution in [2.24, 2.45) is 0 Å². The molecule has 114 valence electrons. The molecular weight excluding hydrogens is 303 g/mol. The van der Waals surface area contributed by atoms with Crippen molar-refractivity contribution in [3.05, 3.63) is 59.9 Å². The van der Waals surface area contributed by atoms with Gasteiger partial charge in [0.25, 0.3) is 10.0 Å². The highest BCUT2D eigenvalue weighted by Crippen LogP contribution is 2.22. The van der Waals surface area contributed by atoms with Gasteiger partial charge in [-0.15, -0.1) is 0 Å². The standard InChI is InChI=1S/C16H15FN2O2S/c1-12-2-4-15(5-3-12)22(20,21)19-9-7-14-10-13(6-8-17)11-18-16(14)19/h2-5,7,9-11H,6,8H2,1H3. The number of aryl methyl sites for hydroxylation is 2. The summed E-state index contributed by atoms with van der Waals surface area (Å²) in [5, 5.41) is 0.682. The van der Waals surface area contributed by atoms with Crippen molar-refractivity contribution in [1.29, 1.82) is 0 Å². The van der Waals surface area contributed by atoms with Crippen molar-refractivity contribution in [1.82, 2.24) is 8.96 Å². The molecule has 0 aliphatic carbocycles. The van der Waals surface area contributed by atoms with E-state index in [1.54, 1.807) is 36.4 Å². The smallest absolute Gasteiger partial charge is 0.251 e. The van der Waals surface area contributed by atoms with Gasteiger partial charge in [0.05, 0.1) is 11.6 Å². The predicted octanol–water partition coefficient (Wildman–Crippen LogP) is 3.09. The number of rotatable bonds is 4. The minimum Gasteiger partial charge on any atom is -0.251 e. The van der Waals surface area contributed by atoms with E-state index in [4.69, 9.17) is 0 Å². The molecule has 0 spiro atoms. The molecule has 0 amide bonds. The summed E-state index contributed by atoms with van der Waals surface area (Å²) in [6, 6.07) is 10.1. The molecule has 0 aliphatic rings. The number of halogens is 1. The van der Waals surface area contributed by atoms with Crippen LogP contribution in [0.2, 0.25) is 0 Å². The van der Waals surface area contributed by atoms with E-state index in [1.807, 2.05) is 6.92 Å². The molecule has 0 radical (unpaired) electrons. The number of benzene rings is 1. The van der Waals surface area contributed by atoms with E-state index in [9.17, 15) is 12.8 Å². The minimum absolute atomic E-state index is 0.213. The summed E-state index contributed by atoms with van der Waals surface area (Å²) in [6.45, 7) is 1.44. The van der Waals surface area contributed by atoms with Gasteiger partial charge in [0.1, 0.15) is 0 Å². The molecule has 0 N–H and O–H groups in total. The van der Waals surface area contributed by atoms with Gasteiger partial charge in [-0.1, -0.05) is 17.7 Å². The summed E-state index contributed by atoms with van der Waals surface area (Å²) < 4.78 is 38.9. The van der Waals surface area contributed by atoms with Crippen molar-refractivity contribution >= 4 is 21.1 Å². The molecule has 4 nitrogen and oxygen atoms in total. The Bertz CT molecular complexity index is 915. The van der Waals surface area contributed by atoms with Gasteiger partial charge >= 0.3 is 0 Å². The highest BCUT2D eigenvalue weighted by molar-refractivity contribution is 7.90. The average Bonchev–Trinajstić information content (AvgIpc) is 2.92. The van der Waals surface area contributed by atoms with Crippen LogP contribution in [-0.2, 0) is 16.4 Å². The molecule has 6 heteroatoms. The van der Waals surface area contributed by atoms with Crippen molar-refractivity contribution in [2.75, 3.05) is 6.67 Å². The van der Waals surface area contributed by atoms with Gasteiger partial charge < -0.3 is 0 Å². The largest absolute Gasteiger partial charge is 0.269 e. The first-order valence-corrected chi connectivity index (χ1v) is 8.30. The minimum atomic E-state index is -3.68. The normalized spacial score (nSPS) is 11.9. The summed E-state index contributed by atoms with van der Waals surface area (Å²) >= 11 is 0. The first-order valence-electron chi connectivity index (χ1n) is 6.86. The number of pyridine rings is 1. The second kappa shape index (κ2) is 5.53. The second-order valence-electron chi connectivity index (χ2n) is 5.13. The van der Waals surface area contributed by atoms with Crippen molar-refractivity contribution in [3.63, 3.8) is 0 Å². The highest BCUT2D eigenvalue weighted by Gasteiger charge is 2.19. The van der Waals surface area contributed by atoms with Gasteiger partial charge in [-0.25, -0.2) is 17.4 Å². The molecule has 22 heavy (non-hydrogen) atoms. The second-order valence-corrected chi connectivity index (χ2v) is 6.94. The van der Waals surface area contributed by atoms with E-state index in [2.05, 4.69) is 4.98 Å². The Kier molecular flexibility index (Phi) is 3.70.